The Morgan fingerprint density at radius 3 is 2.16 bits per heavy atom. The van der Waals surface area contributed by atoms with E-state index in [1.807, 2.05) is 37.3 Å². The van der Waals surface area contributed by atoms with E-state index < -0.39 is 17.7 Å². The van der Waals surface area contributed by atoms with Crippen molar-refractivity contribution in [1.82, 2.24) is 0 Å². The van der Waals surface area contributed by atoms with Gasteiger partial charge in [0.1, 0.15) is 5.76 Å². The van der Waals surface area contributed by atoms with Crippen molar-refractivity contribution in [2.45, 2.75) is 32.4 Å². The lowest BCUT2D eigenvalue weighted by Gasteiger charge is -2.15. The molecule has 132 valence electrons. The second-order valence-electron chi connectivity index (χ2n) is 5.63. The molecule has 0 unspecified atom stereocenters. The van der Waals surface area contributed by atoms with Gasteiger partial charge in [-0.2, -0.15) is 13.2 Å². The van der Waals surface area contributed by atoms with Crippen molar-refractivity contribution < 1.29 is 22.7 Å². The smallest absolute Gasteiger partial charge is 0.416 e. The Kier molecular flexibility index (Phi) is 6.02. The number of benzene rings is 2. The van der Waals surface area contributed by atoms with Crippen LogP contribution in [-0.4, -0.2) is 5.97 Å². The lowest BCUT2D eigenvalue weighted by Crippen LogP contribution is -2.06. The van der Waals surface area contributed by atoms with E-state index in [0.717, 1.165) is 24.1 Å². The van der Waals surface area contributed by atoms with Crippen molar-refractivity contribution in [2.24, 2.45) is 0 Å². The third-order valence-electron chi connectivity index (χ3n) is 3.77. The standard InChI is InChI=1S/C20H19F3O2/c1-3-15(16-7-5-4-6-8-16)13-19(25-14(2)24)17-9-11-18(12-10-17)20(21,22)23/h4-13,15H,3H2,1-2H3/b19-13-/t15-/m1/s1. The molecule has 0 spiro atoms. The van der Waals surface area contributed by atoms with Crippen molar-refractivity contribution in [2.75, 3.05) is 0 Å². The quantitative estimate of drug-likeness (QED) is 0.504. The maximum Gasteiger partial charge on any atom is 0.416 e. The van der Waals surface area contributed by atoms with Crippen molar-refractivity contribution in [3.63, 3.8) is 0 Å². The molecule has 0 aliphatic rings. The number of rotatable bonds is 5. The van der Waals surface area contributed by atoms with Crippen molar-refractivity contribution in [1.29, 1.82) is 0 Å². The predicted octanol–water partition coefficient (Wildman–Crippen LogP) is 5.80. The molecule has 25 heavy (non-hydrogen) atoms. The highest BCUT2D eigenvalue weighted by Crippen LogP contribution is 2.31. The number of alkyl halides is 3. The van der Waals surface area contributed by atoms with Gasteiger partial charge in [-0.25, -0.2) is 0 Å². The third-order valence-corrected chi connectivity index (χ3v) is 3.77. The second-order valence-corrected chi connectivity index (χ2v) is 5.63. The average molecular weight is 348 g/mol. The summed E-state index contributed by atoms with van der Waals surface area (Å²) in [4.78, 5) is 11.4. The van der Waals surface area contributed by atoms with E-state index in [2.05, 4.69) is 0 Å². The van der Waals surface area contributed by atoms with Gasteiger partial charge in [-0.1, -0.05) is 49.4 Å². The van der Waals surface area contributed by atoms with E-state index >= 15 is 0 Å². The molecule has 5 heteroatoms. The van der Waals surface area contributed by atoms with E-state index in [-0.39, 0.29) is 11.7 Å². The number of esters is 1. The molecule has 0 aromatic heterocycles. The molecule has 2 nitrogen and oxygen atoms in total. The zero-order valence-corrected chi connectivity index (χ0v) is 14.0. The fraction of sp³-hybridized carbons (Fsp3) is 0.250. The van der Waals surface area contributed by atoms with Gasteiger partial charge < -0.3 is 4.74 Å². The number of carbonyl (C=O) groups excluding carboxylic acids is 1. The number of halogens is 3. The van der Waals surface area contributed by atoms with Gasteiger partial charge >= 0.3 is 12.1 Å². The van der Waals surface area contributed by atoms with Crippen LogP contribution in [0.25, 0.3) is 5.76 Å². The lowest BCUT2D eigenvalue weighted by molar-refractivity contribution is -0.137. The Morgan fingerprint density at radius 2 is 1.68 bits per heavy atom. The van der Waals surface area contributed by atoms with Crippen LogP contribution in [0.2, 0.25) is 0 Å². The molecular weight excluding hydrogens is 329 g/mol. The normalized spacial score (nSPS) is 13.4. The Hall–Kier alpha value is -2.56. The van der Waals surface area contributed by atoms with Gasteiger partial charge in [0.2, 0.25) is 0 Å². The van der Waals surface area contributed by atoms with Crippen LogP contribution in [0.1, 0.15) is 42.9 Å². The van der Waals surface area contributed by atoms with Gasteiger partial charge in [-0.05, 0) is 30.2 Å². The molecule has 2 aromatic rings. The molecule has 0 amide bonds. The molecule has 0 fully saturated rings. The molecule has 2 rings (SSSR count). The summed E-state index contributed by atoms with van der Waals surface area (Å²) in [6, 6.07) is 14.2. The highest BCUT2D eigenvalue weighted by atomic mass is 19.4. The van der Waals surface area contributed by atoms with E-state index in [9.17, 15) is 18.0 Å². The number of carbonyl (C=O) groups is 1. The summed E-state index contributed by atoms with van der Waals surface area (Å²) >= 11 is 0. The Labute approximate surface area is 144 Å². The molecule has 0 bridgehead atoms. The van der Waals surface area contributed by atoms with E-state index in [1.165, 1.54) is 19.1 Å². The molecule has 0 saturated carbocycles. The second kappa shape index (κ2) is 8.01. The van der Waals surface area contributed by atoms with Gasteiger partial charge in [0.15, 0.2) is 0 Å². The molecule has 0 radical (unpaired) electrons. The summed E-state index contributed by atoms with van der Waals surface area (Å²) in [5, 5.41) is 0. The van der Waals surface area contributed by atoms with Crippen molar-refractivity contribution in [3.05, 3.63) is 77.4 Å². The van der Waals surface area contributed by atoms with Crippen LogP contribution in [0.4, 0.5) is 13.2 Å². The van der Waals surface area contributed by atoms with Crippen LogP contribution < -0.4 is 0 Å². The Balaban J connectivity index is 2.39. The van der Waals surface area contributed by atoms with Crippen LogP contribution in [0.5, 0.6) is 0 Å². The highest BCUT2D eigenvalue weighted by Gasteiger charge is 2.30. The first-order chi connectivity index (χ1) is 11.8. The molecule has 0 aliphatic carbocycles. The van der Waals surface area contributed by atoms with Gasteiger partial charge in [0.25, 0.3) is 0 Å². The molecular formula is C20H19F3O2. The van der Waals surface area contributed by atoms with Crippen molar-refractivity contribution in [3.8, 4) is 0 Å². The van der Waals surface area contributed by atoms with Gasteiger partial charge in [-0.15, -0.1) is 0 Å². The van der Waals surface area contributed by atoms with Crippen LogP contribution in [-0.2, 0) is 15.7 Å². The fourth-order valence-electron chi connectivity index (χ4n) is 2.50. The lowest BCUT2D eigenvalue weighted by atomic mass is 9.94. The minimum atomic E-state index is -4.40. The molecule has 0 aliphatic heterocycles. The molecule has 0 N–H and O–H groups in total. The zero-order valence-electron chi connectivity index (χ0n) is 14.0. The minimum Gasteiger partial charge on any atom is -0.426 e. The third kappa shape index (κ3) is 5.21. The average Bonchev–Trinajstić information content (AvgIpc) is 2.58. The predicted molar refractivity (Wildman–Crippen MR) is 90.7 cm³/mol. The highest BCUT2D eigenvalue weighted by molar-refractivity contribution is 5.76. The monoisotopic (exact) mass is 348 g/mol. The topological polar surface area (TPSA) is 26.3 Å². The maximum atomic E-state index is 12.7. The Bertz CT molecular complexity index is 732. The fourth-order valence-corrected chi connectivity index (χ4v) is 2.50. The van der Waals surface area contributed by atoms with Gasteiger partial charge in [0, 0.05) is 18.4 Å². The van der Waals surface area contributed by atoms with Gasteiger partial charge in [-0.3, -0.25) is 4.79 Å². The molecule has 0 saturated heterocycles. The number of ether oxygens (including phenoxy) is 1. The first-order valence-electron chi connectivity index (χ1n) is 7.94. The van der Waals surface area contributed by atoms with E-state index in [0.29, 0.717) is 5.56 Å². The van der Waals surface area contributed by atoms with Crippen LogP contribution in [0.15, 0.2) is 60.7 Å². The summed E-state index contributed by atoms with van der Waals surface area (Å²) in [7, 11) is 0. The molecule has 2 aromatic carbocycles. The minimum absolute atomic E-state index is 0.0159. The summed E-state index contributed by atoms with van der Waals surface area (Å²) < 4.78 is 43.4. The van der Waals surface area contributed by atoms with Crippen LogP contribution in [0, 0.1) is 0 Å². The first kappa shape index (κ1) is 18.8. The number of hydrogen-bond donors (Lipinski definition) is 0. The Morgan fingerprint density at radius 1 is 1.08 bits per heavy atom. The van der Waals surface area contributed by atoms with Crippen molar-refractivity contribution >= 4 is 11.7 Å². The number of hydrogen-bond acceptors (Lipinski definition) is 2. The maximum absolute atomic E-state index is 12.7. The van der Waals surface area contributed by atoms with Crippen LogP contribution >= 0.6 is 0 Å². The SMILES string of the molecule is CC[C@H](/C=C(\OC(C)=O)c1ccc(C(F)(F)F)cc1)c1ccccc1. The summed E-state index contributed by atoms with van der Waals surface area (Å²) in [6.45, 7) is 3.26. The first-order valence-corrected chi connectivity index (χ1v) is 7.94. The zero-order chi connectivity index (χ0) is 18.4. The summed E-state index contributed by atoms with van der Waals surface area (Å²) in [6.07, 6.45) is -1.87. The molecule has 0 heterocycles. The van der Waals surface area contributed by atoms with E-state index in [1.54, 1.807) is 6.08 Å². The van der Waals surface area contributed by atoms with E-state index in [4.69, 9.17) is 4.74 Å². The summed E-state index contributed by atoms with van der Waals surface area (Å²) in [5.41, 5.74) is 0.729. The molecule has 1 atom stereocenters. The number of allylic oxidation sites excluding steroid dienone is 1. The van der Waals surface area contributed by atoms with Gasteiger partial charge in [0.05, 0.1) is 5.56 Å². The largest absolute Gasteiger partial charge is 0.426 e. The van der Waals surface area contributed by atoms with Crippen LogP contribution in [0.3, 0.4) is 0 Å². The summed E-state index contributed by atoms with van der Waals surface area (Å²) in [5.74, 6) is -0.274.